The van der Waals surface area contributed by atoms with Crippen molar-refractivity contribution in [2.45, 2.75) is 6.04 Å². The highest BCUT2D eigenvalue weighted by Gasteiger charge is 2.23. The minimum Gasteiger partial charge on any atom is -0.468 e. The van der Waals surface area contributed by atoms with Crippen LogP contribution in [0, 0.1) is 17.5 Å². The topological polar surface area (TPSA) is 52.3 Å². The van der Waals surface area contributed by atoms with Crippen LogP contribution in [0.25, 0.3) is 0 Å². The molecule has 6 heteroatoms. The second-order valence-electron chi connectivity index (χ2n) is 2.79. The first-order valence-electron chi connectivity index (χ1n) is 3.95. The van der Waals surface area contributed by atoms with Crippen LogP contribution in [-0.4, -0.2) is 13.1 Å². The standard InChI is InChI=1S/C9H8F3NO2/c1-15-9(14)8(13)5-2-4(10)3-6(11)7(5)12/h2-3,8H,13H2,1H3/t8-/m0/s1. The molecule has 0 aliphatic rings. The monoisotopic (exact) mass is 219 g/mol. The number of halogens is 3. The molecule has 1 aromatic carbocycles. The van der Waals surface area contributed by atoms with Crippen LogP contribution in [0.4, 0.5) is 13.2 Å². The van der Waals surface area contributed by atoms with Gasteiger partial charge in [0.1, 0.15) is 11.9 Å². The Balaban J connectivity index is 3.19. The molecule has 0 heterocycles. The van der Waals surface area contributed by atoms with E-state index in [0.29, 0.717) is 12.1 Å². The lowest BCUT2D eigenvalue weighted by atomic mass is 10.1. The van der Waals surface area contributed by atoms with Gasteiger partial charge in [-0.2, -0.15) is 0 Å². The number of methoxy groups -OCH3 is 1. The second kappa shape index (κ2) is 4.31. The maximum atomic E-state index is 13.1. The molecule has 0 spiro atoms. The molecule has 0 amide bonds. The predicted octanol–water partition coefficient (Wildman–Crippen LogP) is 1.28. The van der Waals surface area contributed by atoms with E-state index in [2.05, 4.69) is 4.74 Å². The van der Waals surface area contributed by atoms with E-state index in [1.807, 2.05) is 0 Å². The van der Waals surface area contributed by atoms with Gasteiger partial charge in [0, 0.05) is 11.6 Å². The third-order valence-electron chi connectivity index (χ3n) is 1.81. The van der Waals surface area contributed by atoms with Crippen molar-refractivity contribution >= 4 is 5.97 Å². The summed E-state index contributed by atoms with van der Waals surface area (Å²) in [6.45, 7) is 0. The molecule has 0 radical (unpaired) electrons. The van der Waals surface area contributed by atoms with Crippen molar-refractivity contribution in [3.05, 3.63) is 35.1 Å². The Morgan fingerprint density at radius 3 is 2.53 bits per heavy atom. The fraction of sp³-hybridized carbons (Fsp3) is 0.222. The Kier molecular flexibility index (Phi) is 3.31. The zero-order valence-corrected chi connectivity index (χ0v) is 7.76. The largest absolute Gasteiger partial charge is 0.468 e. The molecule has 2 N–H and O–H groups in total. The molecule has 1 rings (SSSR count). The van der Waals surface area contributed by atoms with Crippen LogP contribution < -0.4 is 5.73 Å². The Morgan fingerprint density at radius 2 is 2.00 bits per heavy atom. The van der Waals surface area contributed by atoms with Gasteiger partial charge in [-0.05, 0) is 6.07 Å². The van der Waals surface area contributed by atoms with Crippen molar-refractivity contribution in [2.24, 2.45) is 5.73 Å². The zero-order chi connectivity index (χ0) is 11.6. The van der Waals surface area contributed by atoms with Crippen LogP contribution >= 0.6 is 0 Å². The first kappa shape index (κ1) is 11.5. The molecule has 15 heavy (non-hydrogen) atoms. The fourth-order valence-electron chi connectivity index (χ4n) is 1.06. The minimum absolute atomic E-state index is 0.364. The maximum absolute atomic E-state index is 13.1. The lowest BCUT2D eigenvalue weighted by molar-refractivity contribution is -0.142. The fourth-order valence-corrected chi connectivity index (χ4v) is 1.06. The maximum Gasteiger partial charge on any atom is 0.327 e. The lowest BCUT2D eigenvalue weighted by Crippen LogP contribution is -2.24. The molecular weight excluding hydrogens is 211 g/mol. The van der Waals surface area contributed by atoms with Gasteiger partial charge in [-0.25, -0.2) is 13.2 Å². The van der Waals surface area contributed by atoms with E-state index in [1.165, 1.54) is 0 Å². The third-order valence-corrected chi connectivity index (χ3v) is 1.81. The van der Waals surface area contributed by atoms with Crippen LogP contribution in [0.15, 0.2) is 12.1 Å². The van der Waals surface area contributed by atoms with Gasteiger partial charge in [-0.15, -0.1) is 0 Å². The number of rotatable bonds is 2. The molecule has 82 valence electrons. The molecule has 0 aliphatic heterocycles. The summed E-state index contributed by atoms with van der Waals surface area (Å²) < 4.78 is 42.8. The van der Waals surface area contributed by atoms with E-state index in [1.54, 1.807) is 0 Å². The van der Waals surface area contributed by atoms with Gasteiger partial charge in [0.15, 0.2) is 11.6 Å². The number of carbonyl (C=O) groups is 1. The van der Waals surface area contributed by atoms with Gasteiger partial charge in [0.25, 0.3) is 0 Å². The normalized spacial score (nSPS) is 12.3. The van der Waals surface area contributed by atoms with Gasteiger partial charge in [-0.3, -0.25) is 4.79 Å². The molecule has 0 bridgehead atoms. The van der Waals surface area contributed by atoms with Crippen LogP contribution in [0.5, 0.6) is 0 Å². The quantitative estimate of drug-likeness (QED) is 0.602. The molecule has 0 aliphatic carbocycles. The van der Waals surface area contributed by atoms with Gasteiger partial charge in [-0.1, -0.05) is 0 Å². The van der Waals surface area contributed by atoms with Crippen LogP contribution in [0.1, 0.15) is 11.6 Å². The van der Waals surface area contributed by atoms with E-state index in [-0.39, 0.29) is 0 Å². The number of esters is 1. The Bertz CT molecular complexity index is 395. The summed E-state index contributed by atoms with van der Waals surface area (Å²) in [6, 6.07) is -0.525. The number of hydrogen-bond donors (Lipinski definition) is 1. The molecular formula is C9H8F3NO2. The van der Waals surface area contributed by atoms with Crippen LogP contribution in [-0.2, 0) is 9.53 Å². The van der Waals surface area contributed by atoms with Crippen molar-refractivity contribution in [1.29, 1.82) is 0 Å². The molecule has 1 aromatic rings. The summed E-state index contributed by atoms with van der Waals surface area (Å²) in [6.07, 6.45) is 0. The summed E-state index contributed by atoms with van der Waals surface area (Å²) in [4.78, 5) is 10.9. The number of benzene rings is 1. The Labute approximate surface area is 83.6 Å². The number of nitrogens with two attached hydrogens (primary N) is 1. The van der Waals surface area contributed by atoms with Gasteiger partial charge < -0.3 is 10.5 Å². The van der Waals surface area contributed by atoms with Crippen LogP contribution in [0.3, 0.4) is 0 Å². The SMILES string of the molecule is COC(=O)[C@@H](N)c1cc(F)cc(F)c1F. The third kappa shape index (κ3) is 2.27. The first-order chi connectivity index (χ1) is 6.97. The van der Waals surface area contributed by atoms with Gasteiger partial charge in [0.2, 0.25) is 0 Å². The highest BCUT2D eigenvalue weighted by atomic mass is 19.2. The predicted molar refractivity (Wildman–Crippen MR) is 45.3 cm³/mol. The zero-order valence-electron chi connectivity index (χ0n) is 7.76. The molecule has 3 nitrogen and oxygen atoms in total. The highest BCUT2D eigenvalue weighted by molar-refractivity contribution is 5.77. The van der Waals surface area contributed by atoms with Gasteiger partial charge >= 0.3 is 5.97 Å². The Morgan fingerprint density at radius 1 is 1.40 bits per heavy atom. The summed E-state index contributed by atoms with van der Waals surface area (Å²) in [7, 11) is 1.04. The molecule has 0 fully saturated rings. The Hall–Kier alpha value is -1.56. The van der Waals surface area contributed by atoms with Crippen molar-refractivity contribution in [2.75, 3.05) is 7.11 Å². The van der Waals surface area contributed by atoms with Crippen molar-refractivity contribution in [3.8, 4) is 0 Å². The molecule has 0 saturated carbocycles. The summed E-state index contributed by atoms with van der Waals surface area (Å²) in [5.74, 6) is -4.74. The summed E-state index contributed by atoms with van der Waals surface area (Å²) >= 11 is 0. The van der Waals surface area contributed by atoms with E-state index in [9.17, 15) is 18.0 Å². The van der Waals surface area contributed by atoms with E-state index in [4.69, 9.17) is 5.73 Å². The van der Waals surface area contributed by atoms with Gasteiger partial charge in [0.05, 0.1) is 7.11 Å². The second-order valence-corrected chi connectivity index (χ2v) is 2.79. The average molecular weight is 219 g/mol. The lowest BCUT2D eigenvalue weighted by Gasteiger charge is -2.10. The number of hydrogen-bond acceptors (Lipinski definition) is 3. The summed E-state index contributed by atoms with van der Waals surface area (Å²) in [5, 5.41) is 0. The smallest absolute Gasteiger partial charge is 0.327 e. The average Bonchev–Trinajstić information content (AvgIpc) is 2.21. The molecule has 1 atom stereocenters. The number of carbonyl (C=O) groups excluding carboxylic acids is 1. The van der Waals surface area contributed by atoms with E-state index >= 15 is 0 Å². The first-order valence-corrected chi connectivity index (χ1v) is 3.95. The van der Waals surface area contributed by atoms with E-state index < -0.39 is 35.0 Å². The number of ether oxygens (including phenoxy) is 1. The summed E-state index contributed by atoms with van der Waals surface area (Å²) in [5.41, 5.74) is 4.67. The van der Waals surface area contributed by atoms with Crippen molar-refractivity contribution in [3.63, 3.8) is 0 Å². The highest BCUT2D eigenvalue weighted by Crippen LogP contribution is 2.20. The van der Waals surface area contributed by atoms with Crippen molar-refractivity contribution < 1.29 is 22.7 Å². The van der Waals surface area contributed by atoms with Crippen molar-refractivity contribution in [1.82, 2.24) is 0 Å². The molecule has 0 unspecified atom stereocenters. The minimum atomic E-state index is -1.54. The van der Waals surface area contributed by atoms with E-state index in [0.717, 1.165) is 7.11 Å². The van der Waals surface area contributed by atoms with Crippen LogP contribution in [0.2, 0.25) is 0 Å². The molecule has 0 aromatic heterocycles. The molecule has 0 saturated heterocycles.